The van der Waals surface area contributed by atoms with E-state index in [0.29, 0.717) is 17.8 Å². The van der Waals surface area contributed by atoms with Crippen molar-refractivity contribution in [1.29, 1.82) is 0 Å². The molecule has 0 bridgehead atoms. The van der Waals surface area contributed by atoms with Crippen molar-refractivity contribution in [3.63, 3.8) is 0 Å². The normalized spacial score (nSPS) is 10.1. The zero-order valence-electron chi connectivity index (χ0n) is 11.8. The van der Waals surface area contributed by atoms with Gasteiger partial charge in [-0.25, -0.2) is 0 Å². The lowest BCUT2D eigenvalue weighted by atomic mass is 10.1. The average Bonchev–Trinajstić information content (AvgIpc) is 2.53. The topological polar surface area (TPSA) is 59.2 Å². The molecule has 5 heteroatoms. The molecule has 1 heterocycles. The van der Waals surface area contributed by atoms with Crippen LogP contribution < -0.4 is 5.73 Å². The first-order valence-corrected chi connectivity index (χ1v) is 7.04. The summed E-state index contributed by atoms with van der Waals surface area (Å²) >= 11 is 4.86. The van der Waals surface area contributed by atoms with E-state index in [9.17, 15) is 4.79 Å². The lowest BCUT2D eigenvalue weighted by Gasteiger charge is -2.16. The van der Waals surface area contributed by atoms with Crippen molar-refractivity contribution >= 4 is 23.1 Å². The number of likely N-dealkylation sites (N-methyl/N-ethyl adjacent to an activating group) is 1. The fraction of sp³-hybridized carbons (Fsp3) is 0.188. The fourth-order valence-corrected chi connectivity index (χ4v) is 2.03. The summed E-state index contributed by atoms with van der Waals surface area (Å²) in [6.45, 7) is 0.640. The summed E-state index contributed by atoms with van der Waals surface area (Å²) in [5, 5.41) is 0. The quantitative estimate of drug-likeness (QED) is 0.858. The van der Waals surface area contributed by atoms with E-state index in [1.165, 1.54) is 11.8 Å². The van der Waals surface area contributed by atoms with E-state index in [2.05, 4.69) is 4.98 Å². The maximum Gasteiger partial charge on any atom is 0.272 e. The second-order valence-electron chi connectivity index (χ2n) is 4.76. The molecule has 0 unspecified atom stereocenters. The number of hydrogen-bond acceptors (Lipinski definition) is 3. The number of nitrogens with zero attached hydrogens (tertiary/aromatic N) is 2. The Morgan fingerprint density at radius 2 is 1.95 bits per heavy atom. The number of hydrogen-bond donors (Lipinski definition) is 1. The van der Waals surface area contributed by atoms with E-state index in [1.54, 1.807) is 24.1 Å². The molecular formula is C16H17N3OS. The molecule has 0 saturated heterocycles. The van der Waals surface area contributed by atoms with E-state index < -0.39 is 0 Å². The van der Waals surface area contributed by atoms with Gasteiger partial charge in [-0.2, -0.15) is 0 Å². The van der Waals surface area contributed by atoms with Crippen molar-refractivity contribution in [3.05, 3.63) is 65.5 Å². The molecule has 0 fully saturated rings. The van der Waals surface area contributed by atoms with E-state index in [0.717, 1.165) is 6.42 Å². The first-order valence-electron chi connectivity index (χ1n) is 6.63. The van der Waals surface area contributed by atoms with Crippen LogP contribution in [0.2, 0.25) is 0 Å². The smallest absolute Gasteiger partial charge is 0.272 e. The predicted molar refractivity (Wildman–Crippen MR) is 87.2 cm³/mol. The van der Waals surface area contributed by atoms with E-state index >= 15 is 0 Å². The Balaban J connectivity index is 1.97. The number of thiocarbonyl (C=S) groups is 1. The van der Waals surface area contributed by atoms with E-state index in [4.69, 9.17) is 18.0 Å². The van der Waals surface area contributed by atoms with E-state index in [-0.39, 0.29) is 10.9 Å². The minimum Gasteiger partial charge on any atom is -0.389 e. The van der Waals surface area contributed by atoms with Gasteiger partial charge in [-0.3, -0.25) is 9.78 Å². The molecule has 21 heavy (non-hydrogen) atoms. The lowest BCUT2D eigenvalue weighted by molar-refractivity contribution is 0.0791. The van der Waals surface area contributed by atoms with Gasteiger partial charge < -0.3 is 10.6 Å². The van der Waals surface area contributed by atoms with Crippen LogP contribution in [0.25, 0.3) is 0 Å². The first kappa shape index (κ1) is 15.1. The Bertz CT molecular complexity index is 626. The van der Waals surface area contributed by atoms with Gasteiger partial charge >= 0.3 is 0 Å². The van der Waals surface area contributed by atoms with Crippen LogP contribution in [0.3, 0.4) is 0 Å². The summed E-state index contributed by atoms with van der Waals surface area (Å²) < 4.78 is 0. The van der Waals surface area contributed by atoms with Gasteiger partial charge in [0.2, 0.25) is 0 Å². The number of pyridine rings is 1. The van der Waals surface area contributed by atoms with Gasteiger partial charge in [-0.15, -0.1) is 0 Å². The van der Waals surface area contributed by atoms with Crippen molar-refractivity contribution in [2.45, 2.75) is 6.42 Å². The van der Waals surface area contributed by atoms with Crippen molar-refractivity contribution < 1.29 is 4.79 Å². The van der Waals surface area contributed by atoms with Crippen molar-refractivity contribution in [3.8, 4) is 0 Å². The summed E-state index contributed by atoms with van der Waals surface area (Å²) in [5.74, 6) is -0.111. The number of rotatable bonds is 5. The van der Waals surface area contributed by atoms with Crippen molar-refractivity contribution in [2.24, 2.45) is 5.73 Å². The second-order valence-corrected chi connectivity index (χ2v) is 5.20. The molecule has 1 aromatic heterocycles. The van der Waals surface area contributed by atoms with Crippen LogP contribution in [0.4, 0.5) is 0 Å². The lowest BCUT2D eigenvalue weighted by Crippen LogP contribution is -2.29. The molecule has 4 nitrogen and oxygen atoms in total. The summed E-state index contributed by atoms with van der Waals surface area (Å²) in [4.78, 5) is 18.3. The highest BCUT2D eigenvalue weighted by Crippen LogP contribution is 2.05. The van der Waals surface area contributed by atoms with Gasteiger partial charge in [-0.05, 0) is 24.1 Å². The van der Waals surface area contributed by atoms with Gasteiger partial charge in [0.05, 0.1) is 0 Å². The Hall–Kier alpha value is -2.27. The van der Waals surface area contributed by atoms with Crippen LogP contribution in [0, 0.1) is 0 Å². The molecule has 0 aliphatic rings. The molecule has 1 amide bonds. The summed E-state index contributed by atoms with van der Waals surface area (Å²) in [6, 6.07) is 13.4. The summed E-state index contributed by atoms with van der Waals surface area (Å²) in [6.07, 6.45) is 2.34. The van der Waals surface area contributed by atoms with Gasteiger partial charge in [0.25, 0.3) is 5.91 Å². The molecular weight excluding hydrogens is 282 g/mol. The Labute approximate surface area is 129 Å². The molecule has 0 spiro atoms. The van der Waals surface area contributed by atoms with Crippen LogP contribution in [-0.2, 0) is 6.42 Å². The minimum absolute atomic E-state index is 0.111. The number of amides is 1. The van der Waals surface area contributed by atoms with Gasteiger partial charge in [-0.1, -0.05) is 42.5 Å². The number of carbonyl (C=O) groups excluding carboxylic acids is 1. The minimum atomic E-state index is -0.111. The second kappa shape index (κ2) is 6.95. The number of nitrogens with two attached hydrogens (primary N) is 1. The summed E-state index contributed by atoms with van der Waals surface area (Å²) in [5.41, 5.74) is 7.77. The molecule has 2 aromatic rings. The van der Waals surface area contributed by atoms with Crippen LogP contribution in [-0.4, -0.2) is 34.4 Å². The highest BCUT2D eigenvalue weighted by molar-refractivity contribution is 7.80. The third kappa shape index (κ3) is 4.10. The highest BCUT2D eigenvalue weighted by atomic mass is 32.1. The zero-order valence-corrected chi connectivity index (χ0v) is 12.6. The molecule has 0 aliphatic heterocycles. The molecule has 2 N–H and O–H groups in total. The molecule has 108 valence electrons. The van der Waals surface area contributed by atoms with Crippen LogP contribution in [0.5, 0.6) is 0 Å². The third-order valence-electron chi connectivity index (χ3n) is 3.19. The maximum absolute atomic E-state index is 12.2. The zero-order chi connectivity index (χ0) is 15.2. The summed E-state index contributed by atoms with van der Waals surface area (Å²) in [7, 11) is 1.77. The van der Waals surface area contributed by atoms with Crippen molar-refractivity contribution in [1.82, 2.24) is 9.88 Å². The Kier molecular flexibility index (Phi) is 5.00. The predicted octanol–water partition coefficient (Wildman–Crippen LogP) is 2.03. The monoisotopic (exact) mass is 299 g/mol. The van der Waals surface area contributed by atoms with Crippen LogP contribution >= 0.6 is 12.2 Å². The van der Waals surface area contributed by atoms with Gasteiger partial charge in [0, 0.05) is 25.4 Å². The number of benzene rings is 1. The van der Waals surface area contributed by atoms with E-state index in [1.807, 2.05) is 30.3 Å². The molecule has 2 rings (SSSR count). The molecule has 0 saturated carbocycles. The number of aromatic nitrogens is 1. The SMILES string of the molecule is CN(CCc1ccccc1)C(=O)c1ccc(C(N)=S)cn1. The first-order chi connectivity index (χ1) is 10.1. The van der Waals surface area contributed by atoms with Gasteiger partial charge in [0.15, 0.2) is 0 Å². The maximum atomic E-state index is 12.2. The molecule has 1 aromatic carbocycles. The number of carbonyl (C=O) groups is 1. The Morgan fingerprint density at radius 3 is 2.52 bits per heavy atom. The highest BCUT2D eigenvalue weighted by Gasteiger charge is 2.13. The third-order valence-corrected chi connectivity index (χ3v) is 3.43. The van der Waals surface area contributed by atoms with Crippen LogP contribution in [0.15, 0.2) is 48.7 Å². The van der Waals surface area contributed by atoms with Crippen LogP contribution in [0.1, 0.15) is 21.6 Å². The standard InChI is InChI=1S/C16H17N3OS/c1-19(10-9-12-5-3-2-4-6-12)16(20)14-8-7-13(11-18-14)15(17)21/h2-8,11H,9-10H2,1H3,(H2,17,21). The Morgan fingerprint density at radius 1 is 1.24 bits per heavy atom. The fourth-order valence-electron chi connectivity index (χ4n) is 1.90. The average molecular weight is 299 g/mol. The molecule has 0 radical (unpaired) electrons. The molecule has 0 atom stereocenters. The van der Waals surface area contributed by atoms with Gasteiger partial charge in [0.1, 0.15) is 10.7 Å². The molecule has 0 aliphatic carbocycles. The van der Waals surface area contributed by atoms with Crippen molar-refractivity contribution in [2.75, 3.05) is 13.6 Å². The largest absolute Gasteiger partial charge is 0.389 e.